The summed E-state index contributed by atoms with van der Waals surface area (Å²) in [6.07, 6.45) is 1.91. The van der Waals surface area contributed by atoms with Gasteiger partial charge in [-0.15, -0.1) is 0 Å². The zero-order chi connectivity index (χ0) is 20.1. The van der Waals surface area contributed by atoms with Crippen molar-refractivity contribution in [2.45, 2.75) is 33.1 Å². The van der Waals surface area contributed by atoms with Crippen LogP contribution in [-0.4, -0.2) is 23.3 Å². The summed E-state index contributed by atoms with van der Waals surface area (Å²) in [6.45, 7) is 6.06. The number of nitrogens with zero attached hydrogens (tertiary/aromatic N) is 2. The van der Waals surface area contributed by atoms with E-state index in [2.05, 4.69) is 24.1 Å². The first-order valence-electron chi connectivity index (χ1n) is 9.47. The van der Waals surface area contributed by atoms with Gasteiger partial charge in [-0.3, -0.25) is 14.6 Å². The molecule has 144 valence electrons. The van der Waals surface area contributed by atoms with Gasteiger partial charge in [-0.2, -0.15) is 0 Å². The molecular weight excluding hydrogens is 350 g/mol. The van der Waals surface area contributed by atoms with Gasteiger partial charge in [-0.25, -0.2) is 0 Å². The Kier molecular flexibility index (Phi) is 6.04. The van der Waals surface area contributed by atoms with Crippen molar-refractivity contribution in [3.8, 4) is 0 Å². The molecule has 3 aromatic rings. The lowest BCUT2D eigenvalue weighted by Crippen LogP contribution is -2.32. The number of benzene rings is 2. The highest BCUT2D eigenvalue weighted by molar-refractivity contribution is 6.01. The minimum Gasteiger partial charge on any atom is -0.326 e. The standard InChI is InChI=1S/C23H25N3O2/c1-16(2)18-9-11-20(12-10-18)25-22(28)13-15-26(17(3)27)21-8-4-6-19-7-5-14-24-23(19)21/h4-12,14,16H,13,15H2,1-3H3,(H,25,28). The third kappa shape index (κ3) is 4.55. The molecule has 28 heavy (non-hydrogen) atoms. The van der Waals surface area contributed by atoms with E-state index in [9.17, 15) is 9.59 Å². The Balaban J connectivity index is 1.69. The van der Waals surface area contributed by atoms with Crippen LogP contribution in [0.2, 0.25) is 0 Å². The molecule has 0 spiro atoms. The quantitative estimate of drug-likeness (QED) is 0.677. The van der Waals surface area contributed by atoms with E-state index in [4.69, 9.17) is 0 Å². The monoisotopic (exact) mass is 375 g/mol. The molecule has 0 saturated carbocycles. The van der Waals surface area contributed by atoms with E-state index in [0.29, 0.717) is 12.5 Å². The molecule has 3 rings (SSSR count). The maximum atomic E-state index is 12.4. The zero-order valence-corrected chi connectivity index (χ0v) is 16.5. The van der Waals surface area contributed by atoms with Crippen LogP contribution in [0.1, 0.15) is 38.7 Å². The van der Waals surface area contributed by atoms with Gasteiger partial charge in [0.1, 0.15) is 0 Å². The van der Waals surface area contributed by atoms with E-state index >= 15 is 0 Å². The topological polar surface area (TPSA) is 62.3 Å². The first-order valence-corrected chi connectivity index (χ1v) is 9.47. The minimum absolute atomic E-state index is 0.118. The molecule has 1 aromatic heterocycles. The van der Waals surface area contributed by atoms with E-state index in [1.54, 1.807) is 11.1 Å². The van der Waals surface area contributed by atoms with E-state index in [1.807, 2.05) is 54.6 Å². The summed E-state index contributed by atoms with van der Waals surface area (Å²) in [5.41, 5.74) is 3.46. The molecule has 1 N–H and O–H groups in total. The number of fused-ring (bicyclic) bond motifs is 1. The van der Waals surface area contributed by atoms with E-state index in [0.717, 1.165) is 22.3 Å². The Morgan fingerprint density at radius 1 is 1.04 bits per heavy atom. The maximum Gasteiger partial charge on any atom is 0.226 e. The summed E-state index contributed by atoms with van der Waals surface area (Å²) in [5, 5.41) is 3.86. The fraction of sp³-hybridized carbons (Fsp3) is 0.261. The van der Waals surface area contributed by atoms with E-state index in [1.165, 1.54) is 12.5 Å². The average Bonchev–Trinajstić information content (AvgIpc) is 2.68. The van der Waals surface area contributed by atoms with Gasteiger partial charge in [-0.05, 0) is 35.7 Å². The Labute approximate surface area is 165 Å². The lowest BCUT2D eigenvalue weighted by atomic mass is 10.0. The third-order valence-corrected chi connectivity index (χ3v) is 4.71. The fourth-order valence-corrected chi connectivity index (χ4v) is 3.14. The van der Waals surface area contributed by atoms with Crippen LogP contribution in [0.3, 0.4) is 0 Å². The van der Waals surface area contributed by atoms with Gasteiger partial charge in [0.2, 0.25) is 11.8 Å². The maximum absolute atomic E-state index is 12.4. The van der Waals surface area contributed by atoms with Crippen LogP contribution in [0.15, 0.2) is 60.8 Å². The second kappa shape index (κ2) is 8.65. The zero-order valence-electron chi connectivity index (χ0n) is 16.5. The summed E-state index contributed by atoms with van der Waals surface area (Å²) in [7, 11) is 0. The number of nitrogens with one attached hydrogen (secondary N) is 1. The van der Waals surface area contributed by atoms with Crippen molar-refractivity contribution in [2.24, 2.45) is 0 Å². The van der Waals surface area contributed by atoms with E-state index < -0.39 is 0 Å². The molecule has 5 heteroatoms. The lowest BCUT2D eigenvalue weighted by Gasteiger charge is -2.22. The van der Waals surface area contributed by atoms with Crippen molar-refractivity contribution in [1.29, 1.82) is 0 Å². The van der Waals surface area contributed by atoms with Crippen molar-refractivity contribution in [2.75, 3.05) is 16.8 Å². The number of rotatable bonds is 6. The molecule has 5 nitrogen and oxygen atoms in total. The van der Waals surface area contributed by atoms with Crippen LogP contribution in [-0.2, 0) is 9.59 Å². The first kappa shape index (κ1) is 19.5. The molecule has 0 aliphatic rings. The largest absolute Gasteiger partial charge is 0.326 e. The molecule has 2 aromatic carbocycles. The Bertz CT molecular complexity index is 975. The number of carbonyl (C=O) groups is 2. The average molecular weight is 375 g/mol. The van der Waals surface area contributed by atoms with Crippen molar-refractivity contribution in [3.05, 3.63) is 66.4 Å². The third-order valence-electron chi connectivity index (χ3n) is 4.71. The van der Waals surface area contributed by atoms with Crippen molar-refractivity contribution >= 4 is 34.1 Å². The summed E-state index contributed by atoms with van der Waals surface area (Å²) in [4.78, 5) is 30.6. The highest BCUT2D eigenvalue weighted by Gasteiger charge is 2.16. The van der Waals surface area contributed by atoms with Gasteiger partial charge in [-0.1, -0.05) is 44.2 Å². The normalized spacial score (nSPS) is 10.9. The smallest absolute Gasteiger partial charge is 0.226 e. The van der Waals surface area contributed by atoms with Gasteiger partial charge in [0.15, 0.2) is 0 Å². The number of para-hydroxylation sites is 1. The van der Waals surface area contributed by atoms with Gasteiger partial charge in [0.25, 0.3) is 0 Å². The first-order chi connectivity index (χ1) is 13.5. The van der Waals surface area contributed by atoms with Gasteiger partial charge < -0.3 is 10.2 Å². The lowest BCUT2D eigenvalue weighted by molar-refractivity contribution is -0.117. The van der Waals surface area contributed by atoms with Crippen LogP contribution < -0.4 is 10.2 Å². The second-order valence-corrected chi connectivity index (χ2v) is 7.10. The van der Waals surface area contributed by atoms with Crippen LogP contribution in [0.4, 0.5) is 11.4 Å². The number of anilines is 2. The van der Waals surface area contributed by atoms with Gasteiger partial charge in [0.05, 0.1) is 11.2 Å². The molecule has 0 unspecified atom stereocenters. The number of carbonyl (C=O) groups excluding carboxylic acids is 2. The molecule has 1 heterocycles. The van der Waals surface area contributed by atoms with Gasteiger partial charge >= 0.3 is 0 Å². The SMILES string of the molecule is CC(=O)N(CCC(=O)Nc1ccc(C(C)C)cc1)c1cccc2cccnc12. The summed E-state index contributed by atoms with van der Waals surface area (Å²) in [6, 6.07) is 17.4. The molecule has 0 aliphatic carbocycles. The molecule has 0 fully saturated rings. The second-order valence-electron chi connectivity index (χ2n) is 7.10. The highest BCUT2D eigenvalue weighted by atomic mass is 16.2. The van der Waals surface area contributed by atoms with E-state index in [-0.39, 0.29) is 18.2 Å². The van der Waals surface area contributed by atoms with Crippen molar-refractivity contribution in [1.82, 2.24) is 4.98 Å². The summed E-state index contributed by atoms with van der Waals surface area (Å²) < 4.78 is 0. The van der Waals surface area contributed by atoms with Crippen LogP contribution >= 0.6 is 0 Å². The van der Waals surface area contributed by atoms with Crippen molar-refractivity contribution in [3.63, 3.8) is 0 Å². The molecule has 0 aliphatic heterocycles. The molecule has 0 radical (unpaired) electrons. The van der Waals surface area contributed by atoms with Gasteiger partial charge in [0, 0.05) is 37.2 Å². The number of pyridine rings is 1. The van der Waals surface area contributed by atoms with Crippen LogP contribution in [0, 0.1) is 0 Å². The number of hydrogen-bond acceptors (Lipinski definition) is 3. The van der Waals surface area contributed by atoms with Crippen LogP contribution in [0.25, 0.3) is 10.9 Å². The van der Waals surface area contributed by atoms with Crippen molar-refractivity contribution < 1.29 is 9.59 Å². The molecule has 0 bridgehead atoms. The highest BCUT2D eigenvalue weighted by Crippen LogP contribution is 2.25. The Morgan fingerprint density at radius 2 is 1.75 bits per heavy atom. The Morgan fingerprint density at radius 3 is 2.43 bits per heavy atom. The molecule has 2 amide bonds. The number of amides is 2. The summed E-state index contributed by atoms with van der Waals surface area (Å²) in [5.74, 6) is 0.201. The summed E-state index contributed by atoms with van der Waals surface area (Å²) >= 11 is 0. The minimum atomic E-state index is -0.128. The predicted molar refractivity (Wildman–Crippen MR) is 114 cm³/mol. The predicted octanol–water partition coefficient (Wildman–Crippen LogP) is 4.74. The Hall–Kier alpha value is -3.21. The number of hydrogen-bond donors (Lipinski definition) is 1. The molecule has 0 atom stereocenters. The molecule has 0 saturated heterocycles. The van der Waals surface area contributed by atoms with Crippen LogP contribution in [0.5, 0.6) is 0 Å². The molecular formula is C23H25N3O2. The number of aromatic nitrogens is 1. The fourth-order valence-electron chi connectivity index (χ4n) is 3.14.